The molecule has 7 heteroatoms. The van der Waals surface area contributed by atoms with E-state index in [9.17, 15) is 4.79 Å². The number of carbonyl (C=O) groups excluding carboxylic acids is 1. The lowest BCUT2D eigenvalue weighted by molar-refractivity contribution is 0.0940. The Labute approximate surface area is 168 Å². The first kappa shape index (κ1) is 18.7. The first-order valence-electron chi connectivity index (χ1n) is 9.30. The zero-order valence-electron chi connectivity index (χ0n) is 16.8. The van der Waals surface area contributed by atoms with E-state index < -0.39 is 0 Å². The van der Waals surface area contributed by atoms with Gasteiger partial charge in [0.15, 0.2) is 5.58 Å². The van der Waals surface area contributed by atoms with Gasteiger partial charge in [0.05, 0.1) is 18.8 Å². The van der Waals surface area contributed by atoms with Crippen molar-refractivity contribution in [3.8, 4) is 17.2 Å². The summed E-state index contributed by atoms with van der Waals surface area (Å²) >= 11 is 0. The number of amides is 1. The number of oxazole rings is 1. The molecule has 0 saturated carbocycles. The average molecular weight is 390 g/mol. The molecule has 0 unspecified atom stereocenters. The zero-order valence-corrected chi connectivity index (χ0v) is 16.8. The molecule has 2 heterocycles. The lowest BCUT2D eigenvalue weighted by atomic mass is 10.1. The SMILES string of the molecule is COc1cccc(-c2nc3ccc(C(=O)N[C@H](C)c4cn(C)nc4C)cc3o2)c1. The summed E-state index contributed by atoms with van der Waals surface area (Å²) in [5.41, 5.74) is 4.46. The van der Waals surface area contributed by atoms with E-state index in [2.05, 4.69) is 15.4 Å². The van der Waals surface area contributed by atoms with Crippen LogP contribution in [-0.2, 0) is 7.05 Å². The summed E-state index contributed by atoms with van der Waals surface area (Å²) in [4.78, 5) is 17.3. The summed E-state index contributed by atoms with van der Waals surface area (Å²) in [5.74, 6) is 1.03. The third-order valence-electron chi connectivity index (χ3n) is 4.83. The topological polar surface area (TPSA) is 82.2 Å². The predicted octanol–water partition coefficient (Wildman–Crippen LogP) is 4.04. The lowest BCUT2D eigenvalue weighted by Gasteiger charge is -2.13. The summed E-state index contributed by atoms with van der Waals surface area (Å²) in [6.07, 6.45) is 1.92. The molecule has 4 rings (SSSR count). The monoisotopic (exact) mass is 390 g/mol. The highest BCUT2D eigenvalue weighted by Gasteiger charge is 2.17. The van der Waals surface area contributed by atoms with Crippen LogP contribution >= 0.6 is 0 Å². The van der Waals surface area contributed by atoms with E-state index in [1.807, 2.05) is 51.4 Å². The minimum absolute atomic E-state index is 0.158. The molecule has 29 heavy (non-hydrogen) atoms. The van der Waals surface area contributed by atoms with Crippen molar-refractivity contribution in [1.29, 1.82) is 0 Å². The van der Waals surface area contributed by atoms with Gasteiger partial charge in [0.25, 0.3) is 5.91 Å². The van der Waals surface area contributed by atoms with Gasteiger partial charge >= 0.3 is 0 Å². The van der Waals surface area contributed by atoms with Crippen molar-refractivity contribution in [1.82, 2.24) is 20.1 Å². The molecular weight excluding hydrogens is 368 g/mol. The van der Waals surface area contributed by atoms with Crippen LogP contribution in [0.5, 0.6) is 5.75 Å². The summed E-state index contributed by atoms with van der Waals surface area (Å²) in [6, 6.07) is 12.6. The Kier molecular flexibility index (Phi) is 4.80. The average Bonchev–Trinajstić information content (AvgIpc) is 3.29. The fraction of sp³-hybridized carbons (Fsp3) is 0.227. The van der Waals surface area contributed by atoms with Gasteiger partial charge in [0, 0.05) is 29.9 Å². The van der Waals surface area contributed by atoms with Crippen LogP contribution in [0.4, 0.5) is 0 Å². The number of rotatable bonds is 5. The Bertz CT molecular complexity index is 1190. The second kappa shape index (κ2) is 7.43. The maximum absolute atomic E-state index is 12.7. The third kappa shape index (κ3) is 3.71. The highest BCUT2D eigenvalue weighted by Crippen LogP contribution is 2.27. The number of nitrogens with one attached hydrogen (secondary N) is 1. The van der Waals surface area contributed by atoms with Crippen molar-refractivity contribution in [2.45, 2.75) is 19.9 Å². The Balaban J connectivity index is 1.58. The van der Waals surface area contributed by atoms with Crippen molar-refractivity contribution < 1.29 is 13.9 Å². The molecule has 2 aromatic carbocycles. The number of methoxy groups -OCH3 is 1. The molecular formula is C22H22N4O3. The summed E-state index contributed by atoms with van der Waals surface area (Å²) in [7, 11) is 3.48. The molecule has 0 aliphatic heterocycles. The number of carbonyl (C=O) groups is 1. The Morgan fingerprint density at radius 1 is 1.24 bits per heavy atom. The first-order chi connectivity index (χ1) is 13.9. The van der Waals surface area contributed by atoms with Gasteiger partial charge in [-0.2, -0.15) is 5.10 Å². The van der Waals surface area contributed by atoms with Gasteiger partial charge in [-0.1, -0.05) is 6.07 Å². The van der Waals surface area contributed by atoms with E-state index in [0.29, 0.717) is 22.6 Å². The number of aromatic nitrogens is 3. The van der Waals surface area contributed by atoms with Crippen molar-refractivity contribution in [3.63, 3.8) is 0 Å². The molecule has 0 saturated heterocycles. The van der Waals surface area contributed by atoms with Crippen molar-refractivity contribution >= 4 is 17.0 Å². The van der Waals surface area contributed by atoms with E-state index in [1.165, 1.54) is 0 Å². The summed E-state index contributed by atoms with van der Waals surface area (Å²) < 4.78 is 12.9. The quantitative estimate of drug-likeness (QED) is 0.556. The van der Waals surface area contributed by atoms with Crippen molar-refractivity contribution in [3.05, 3.63) is 65.5 Å². The molecule has 1 N–H and O–H groups in total. The van der Waals surface area contributed by atoms with Gasteiger partial charge in [0.2, 0.25) is 5.89 Å². The van der Waals surface area contributed by atoms with Crippen LogP contribution in [0.25, 0.3) is 22.6 Å². The molecule has 148 valence electrons. The first-order valence-corrected chi connectivity index (χ1v) is 9.30. The largest absolute Gasteiger partial charge is 0.497 e. The molecule has 0 aliphatic carbocycles. The van der Waals surface area contributed by atoms with E-state index >= 15 is 0 Å². The maximum atomic E-state index is 12.7. The van der Waals surface area contributed by atoms with Crippen LogP contribution in [0.3, 0.4) is 0 Å². The fourth-order valence-corrected chi connectivity index (χ4v) is 3.35. The molecule has 0 aliphatic rings. The fourth-order valence-electron chi connectivity index (χ4n) is 3.35. The Hall–Kier alpha value is -3.61. The maximum Gasteiger partial charge on any atom is 0.251 e. The molecule has 1 atom stereocenters. The molecule has 4 aromatic rings. The van der Waals surface area contributed by atoms with Crippen molar-refractivity contribution in [2.75, 3.05) is 7.11 Å². The van der Waals surface area contributed by atoms with Gasteiger partial charge < -0.3 is 14.5 Å². The highest BCUT2D eigenvalue weighted by atomic mass is 16.5. The van der Waals surface area contributed by atoms with E-state index in [4.69, 9.17) is 9.15 Å². The van der Waals surface area contributed by atoms with Crippen LogP contribution in [-0.4, -0.2) is 27.8 Å². The summed E-state index contributed by atoms with van der Waals surface area (Å²) in [6.45, 7) is 3.87. The van der Waals surface area contributed by atoms with Crippen molar-refractivity contribution in [2.24, 2.45) is 7.05 Å². The molecule has 1 amide bonds. The lowest BCUT2D eigenvalue weighted by Crippen LogP contribution is -2.26. The number of ether oxygens (including phenoxy) is 1. The minimum atomic E-state index is -0.179. The number of hydrogen-bond acceptors (Lipinski definition) is 5. The second-order valence-electron chi connectivity index (χ2n) is 6.97. The molecule has 2 aromatic heterocycles. The van der Waals surface area contributed by atoms with Crippen LogP contribution in [0, 0.1) is 6.92 Å². The molecule has 0 radical (unpaired) electrons. The molecule has 0 fully saturated rings. The Morgan fingerprint density at radius 2 is 2.07 bits per heavy atom. The van der Waals surface area contributed by atoms with Crippen LogP contribution < -0.4 is 10.1 Å². The van der Waals surface area contributed by atoms with Crippen LogP contribution in [0.2, 0.25) is 0 Å². The highest BCUT2D eigenvalue weighted by molar-refractivity contribution is 5.97. The molecule has 0 bridgehead atoms. The van der Waals surface area contributed by atoms with E-state index in [1.54, 1.807) is 30.0 Å². The smallest absolute Gasteiger partial charge is 0.251 e. The molecule has 7 nitrogen and oxygen atoms in total. The Morgan fingerprint density at radius 3 is 2.79 bits per heavy atom. The van der Waals surface area contributed by atoms with Crippen LogP contribution in [0.1, 0.15) is 34.6 Å². The molecule has 0 spiro atoms. The van der Waals surface area contributed by atoms with Gasteiger partial charge in [-0.15, -0.1) is 0 Å². The number of nitrogens with zero attached hydrogens (tertiary/aromatic N) is 3. The third-order valence-corrected chi connectivity index (χ3v) is 4.83. The zero-order chi connectivity index (χ0) is 20.5. The van der Waals surface area contributed by atoms with Gasteiger partial charge in [-0.25, -0.2) is 4.98 Å². The minimum Gasteiger partial charge on any atom is -0.497 e. The van der Waals surface area contributed by atoms with Gasteiger partial charge in [0.1, 0.15) is 11.3 Å². The number of hydrogen-bond donors (Lipinski definition) is 1. The number of aryl methyl sites for hydroxylation is 2. The van der Waals surface area contributed by atoms with Crippen LogP contribution in [0.15, 0.2) is 53.1 Å². The van der Waals surface area contributed by atoms with Gasteiger partial charge in [-0.3, -0.25) is 9.48 Å². The standard InChI is InChI=1S/C22H22N4O3/c1-13(18-12-26(3)25-14(18)2)23-21(27)15-8-9-19-20(11-15)29-22(24-19)16-6-5-7-17(10-16)28-4/h5-13H,1-4H3,(H,23,27)/t13-/m1/s1. The predicted molar refractivity (Wildman–Crippen MR) is 110 cm³/mol. The van der Waals surface area contributed by atoms with Gasteiger partial charge in [-0.05, 0) is 50.2 Å². The number of fused-ring (bicyclic) bond motifs is 1. The normalized spacial score (nSPS) is 12.1. The summed E-state index contributed by atoms with van der Waals surface area (Å²) in [5, 5.41) is 7.34. The van der Waals surface area contributed by atoms with E-state index in [0.717, 1.165) is 22.6 Å². The second-order valence-corrected chi connectivity index (χ2v) is 6.97. The van der Waals surface area contributed by atoms with E-state index in [-0.39, 0.29) is 11.9 Å². The number of benzene rings is 2.